The average molecular weight is 345 g/mol. The van der Waals surface area contributed by atoms with Gasteiger partial charge < -0.3 is 10.1 Å². The van der Waals surface area contributed by atoms with Crippen molar-refractivity contribution in [2.24, 2.45) is 0 Å². The molecule has 0 aromatic carbocycles. The van der Waals surface area contributed by atoms with Crippen molar-refractivity contribution in [2.75, 3.05) is 19.0 Å². The van der Waals surface area contributed by atoms with E-state index < -0.39 is 5.97 Å². The molecule has 100 valence electrons. The molecule has 1 heterocycles. The number of halogens is 2. The number of rotatable bonds is 3. The molecular weight excluding hydrogens is 334 g/mol. The molecule has 0 saturated heterocycles. The number of aromatic nitrogens is 2. The number of esters is 1. The summed E-state index contributed by atoms with van der Waals surface area (Å²) in [5.41, 5.74) is 0.619. The van der Waals surface area contributed by atoms with Crippen molar-refractivity contribution in [1.82, 2.24) is 9.97 Å². The summed E-state index contributed by atoms with van der Waals surface area (Å²) >= 11 is 8.96. The summed E-state index contributed by atoms with van der Waals surface area (Å²) in [6, 6.07) is 0. The molecule has 1 aromatic rings. The summed E-state index contributed by atoms with van der Waals surface area (Å²) in [7, 11) is 1.32. The van der Waals surface area contributed by atoms with Crippen LogP contribution in [0.3, 0.4) is 0 Å². The van der Waals surface area contributed by atoms with Crippen LogP contribution in [0.5, 0.6) is 0 Å². The first kappa shape index (κ1) is 15.5. The highest BCUT2D eigenvalue weighted by atomic mass is 79.9. The Morgan fingerprint density at radius 1 is 1.68 bits per heavy atom. The maximum absolute atomic E-state index is 10.9. The molecule has 0 aliphatic heterocycles. The Balaban J connectivity index is 2.58. The van der Waals surface area contributed by atoms with Crippen LogP contribution in [-0.2, 0) is 9.53 Å². The van der Waals surface area contributed by atoms with E-state index in [4.69, 9.17) is 11.6 Å². The predicted molar refractivity (Wildman–Crippen MR) is 76.8 cm³/mol. The van der Waals surface area contributed by atoms with Crippen LogP contribution in [0.1, 0.15) is 6.92 Å². The predicted octanol–water partition coefficient (Wildman–Crippen LogP) is 2.43. The monoisotopic (exact) mass is 343 g/mol. The normalized spacial score (nSPS) is 10.4. The molecule has 1 rings (SSSR count). The molecule has 5 nitrogen and oxygen atoms in total. The van der Waals surface area contributed by atoms with Gasteiger partial charge in [-0.1, -0.05) is 11.8 Å². The van der Waals surface area contributed by atoms with Crippen molar-refractivity contribution in [3.63, 3.8) is 0 Å². The van der Waals surface area contributed by atoms with Gasteiger partial charge in [-0.05, 0) is 34.5 Å². The van der Waals surface area contributed by atoms with Gasteiger partial charge in [0.2, 0.25) is 5.28 Å². The van der Waals surface area contributed by atoms with Gasteiger partial charge in [0.1, 0.15) is 5.82 Å². The number of ether oxygens (including phenoxy) is 1. The molecule has 0 radical (unpaired) electrons. The van der Waals surface area contributed by atoms with Crippen molar-refractivity contribution in [2.45, 2.75) is 6.92 Å². The van der Waals surface area contributed by atoms with Gasteiger partial charge in [0.05, 0.1) is 18.1 Å². The highest BCUT2D eigenvalue weighted by molar-refractivity contribution is 9.10. The van der Waals surface area contributed by atoms with Gasteiger partial charge in [-0.2, -0.15) is 4.98 Å². The number of allylic oxidation sites excluding steroid dienone is 1. The molecule has 1 N–H and O–H groups in total. The molecule has 19 heavy (non-hydrogen) atoms. The Morgan fingerprint density at radius 3 is 3.11 bits per heavy atom. The van der Waals surface area contributed by atoms with Crippen LogP contribution >= 0.6 is 27.5 Å². The number of anilines is 1. The van der Waals surface area contributed by atoms with Gasteiger partial charge in [-0.25, -0.2) is 9.78 Å². The maximum atomic E-state index is 10.9. The third-order valence-electron chi connectivity index (χ3n) is 1.88. The quantitative estimate of drug-likeness (QED) is 0.395. The van der Waals surface area contributed by atoms with E-state index in [9.17, 15) is 4.79 Å². The lowest BCUT2D eigenvalue weighted by molar-refractivity contribution is -0.134. The van der Waals surface area contributed by atoms with E-state index in [1.807, 2.05) is 0 Å². The second-order valence-electron chi connectivity index (χ2n) is 3.34. The fourth-order valence-corrected chi connectivity index (χ4v) is 1.52. The fourth-order valence-electron chi connectivity index (χ4n) is 1.05. The Labute approximate surface area is 124 Å². The minimum atomic E-state index is -0.426. The molecule has 1 aromatic heterocycles. The molecular formula is C12H11BrClN3O2. The van der Waals surface area contributed by atoms with E-state index in [-0.39, 0.29) is 5.28 Å². The third-order valence-corrected chi connectivity index (χ3v) is 2.64. The van der Waals surface area contributed by atoms with E-state index in [0.717, 1.165) is 0 Å². The van der Waals surface area contributed by atoms with Gasteiger partial charge in [0, 0.05) is 17.8 Å². The summed E-state index contributed by atoms with van der Waals surface area (Å²) in [6.07, 6.45) is 2.87. The molecule has 0 atom stereocenters. The third kappa shape index (κ3) is 5.73. The number of hydrogen-bond acceptors (Lipinski definition) is 5. The standard InChI is InChI=1S/C12H11BrClN3O2/c1-8(6-10(18)19-2)4-3-5-15-11-9(13)7-16-12(14)17-11/h6-7H,5H2,1-2H3,(H,15,16,17). The molecule has 0 amide bonds. The second-order valence-corrected chi connectivity index (χ2v) is 4.53. The molecule has 0 aliphatic rings. The minimum Gasteiger partial charge on any atom is -0.466 e. The molecule has 0 bridgehead atoms. The molecule has 0 aliphatic carbocycles. The van der Waals surface area contributed by atoms with Crippen molar-refractivity contribution in [3.8, 4) is 11.8 Å². The molecule has 0 saturated carbocycles. The number of carbonyl (C=O) groups excluding carboxylic acids is 1. The first-order valence-corrected chi connectivity index (χ1v) is 6.37. The minimum absolute atomic E-state index is 0.153. The van der Waals surface area contributed by atoms with E-state index in [1.165, 1.54) is 13.2 Å². The van der Waals surface area contributed by atoms with Gasteiger partial charge in [-0.15, -0.1) is 0 Å². The summed E-state index contributed by atoms with van der Waals surface area (Å²) < 4.78 is 5.18. The van der Waals surface area contributed by atoms with Crippen LogP contribution < -0.4 is 5.32 Å². The van der Waals surface area contributed by atoms with Crippen LogP contribution in [0.4, 0.5) is 5.82 Å². The van der Waals surface area contributed by atoms with Crippen LogP contribution in [0.2, 0.25) is 5.28 Å². The number of carbonyl (C=O) groups is 1. The fraction of sp³-hybridized carbons (Fsp3) is 0.250. The van der Waals surface area contributed by atoms with Gasteiger partial charge in [-0.3, -0.25) is 0 Å². The highest BCUT2D eigenvalue weighted by Gasteiger charge is 2.01. The average Bonchev–Trinajstić information content (AvgIpc) is 2.38. The first-order valence-electron chi connectivity index (χ1n) is 5.20. The smallest absolute Gasteiger partial charge is 0.331 e. The lowest BCUT2D eigenvalue weighted by Crippen LogP contribution is -2.02. The van der Waals surface area contributed by atoms with Gasteiger partial charge in [0.25, 0.3) is 0 Å². The Hall–Kier alpha value is -1.58. The van der Waals surface area contributed by atoms with E-state index in [0.29, 0.717) is 22.4 Å². The second kappa shape index (κ2) is 7.77. The van der Waals surface area contributed by atoms with Crippen molar-refractivity contribution < 1.29 is 9.53 Å². The maximum Gasteiger partial charge on any atom is 0.331 e. The summed E-state index contributed by atoms with van der Waals surface area (Å²) in [4.78, 5) is 18.7. The topological polar surface area (TPSA) is 64.1 Å². The number of nitrogens with zero attached hydrogens (tertiary/aromatic N) is 2. The lowest BCUT2D eigenvalue weighted by Gasteiger charge is -2.03. The summed E-state index contributed by atoms with van der Waals surface area (Å²) in [5.74, 6) is 5.79. The summed E-state index contributed by atoms with van der Waals surface area (Å²) in [5, 5.41) is 3.13. The molecule has 0 spiro atoms. The van der Waals surface area contributed by atoms with Crippen molar-refractivity contribution in [1.29, 1.82) is 0 Å². The Bertz CT molecular complexity index is 564. The molecule has 0 fully saturated rings. The zero-order valence-electron chi connectivity index (χ0n) is 10.3. The zero-order chi connectivity index (χ0) is 14.3. The number of methoxy groups -OCH3 is 1. The number of nitrogens with one attached hydrogen (secondary N) is 1. The van der Waals surface area contributed by atoms with Gasteiger partial charge >= 0.3 is 5.97 Å². The van der Waals surface area contributed by atoms with Crippen molar-refractivity contribution in [3.05, 3.63) is 27.6 Å². The SMILES string of the molecule is COC(=O)C=C(C)C#CCNc1nc(Cl)ncc1Br. The largest absolute Gasteiger partial charge is 0.466 e. The van der Waals surface area contributed by atoms with Gasteiger partial charge in [0.15, 0.2) is 0 Å². The van der Waals surface area contributed by atoms with Crippen LogP contribution in [0.25, 0.3) is 0 Å². The highest BCUT2D eigenvalue weighted by Crippen LogP contribution is 2.19. The van der Waals surface area contributed by atoms with Crippen LogP contribution in [0, 0.1) is 11.8 Å². The van der Waals surface area contributed by atoms with E-state index >= 15 is 0 Å². The van der Waals surface area contributed by atoms with Crippen molar-refractivity contribution >= 4 is 39.3 Å². The lowest BCUT2D eigenvalue weighted by atomic mass is 10.3. The van der Waals surface area contributed by atoms with Crippen LogP contribution in [0.15, 0.2) is 22.3 Å². The molecule has 0 unspecified atom stereocenters. The Morgan fingerprint density at radius 2 is 2.42 bits per heavy atom. The first-order chi connectivity index (χ1) is 9.02. The Kier molecular flexibility index (Phi) is 6.33. The summed E-state index contributed by atoms with van der Waals surface area (Å²) in [6.45, 7) is 2.08. The molecule has 7 heteroatoms. The van der Waals surface area contributed by atoms with E-state index in [2.05, 4.69) is 47.8 Å². The van der Waals surface area contributed by atoms with E-state index in [1.54, 1.807) is 13.1 Å². The number of hydrogen-bond donors (Lipinski definition) is 1. The zero-order valence-corrected chi connectivity index (χ0v) is 12.7. The van der Waals surface area contributed by atoms with Crippen LogP contribution in [-0.4, -0.2) is 29.6 Å².